The molecule has 38 heavy (non-hydrogen) atoms. The van der Waals surface area contributed by atoms with Crippen molar-refractivity contribution in [2.45, 2.75) is 19.4 Å². The maximum atomic E-state index is 13.6. The molecule has 0 unspecified atom stereocenters. The van der Waals surface area contributed by atoms with E-state index in [0.717, 1.165) is 5.56 Å². The molecular formula is C30H28N4O4. The first-order valence-corrected chi connectivity index (χ1v) is 12.3. The molecule has 0 aliphatic rings. The van der Waals surface area contributed by atoms with Gasteiger partial charge in [-0.3, -0.25) is 19.1 Å². The molecule has 2 aromatic heterocycles. The van der Waals surface area contributed by atoms with Crippen molar-refractivity contribution in [3.8, 4) is 11.4 Å². The number of anilines is 1. The summed E-state index contributed by atoms with van der Waals surface area (Å²) in [5.41, 5.74) is 1.98. The van der Waals surface area contributed by atoms with E-state index in [-0.39, 0.29) is 23.3 Å². The van der Waals surface area contributed by atoms with Gasteiger partial charge in [0.25, 0.3) is 11.1 Å². The van der Waals surface area contributed by atoms with Gasteiger partial charge in [0.15, 0.2) is 5.78 Å². The minimum absolute atomic E-state index is 0.149. The van der Waals surface area contributed by atoms with Crippen molar-refractivity contribution in [3.63, 3.8) is 0 Å². The molecule has 0 spiro atoms. The second kappa shape index (κ2) is 9.89. The molecular weight excluding hydrogens is 480 g/mol. The van der Waals surface area contributed by atoms with Crippen LogP contribution in [0.15, 0.2) is 94.5 Å². The van der Waals surface area contributed by atoms with Crippen LogP contribution in [0.25, 0.3) is 16.6 Å². The average Bonchev–Trinajstić information content (AvgIpc) is 3.15. The lowest BCUT2D eigenvalue weighted by Gasteiger charge is -2.20. The molecule has 2 N–H and O–H groups in total. The molecule has 5 aromatic rings. The highest BCUT2D eigenvalue weighted by atomic mass is 16.3. The van der Waals surface area contributed by atoms with Crippen LogP contribution >= 0.6 is 0 Å². The van der Waals surface area contributed by atoms with Gasteiger partial charge in [-0.25, -0.2) is 4.68 Å². The number of rotatable bonds is 7. The third kappa shape index (κ3) is 4.20. The first-order chi connectivity index (χ1) is 18.3. The van der Waals surface area contributed by atoms with E-state index in [4.69, 9.17) is 0 Å². The number of nitrogens with zero attached hydrogens (tertiary/aromatic N) is 3. The summed E-state index contributed by atoms with van der Waals surface area (Å²) in [5.74, 6) is -0.852. The number of hydrogen-bond acceptors (Lipinski definition) is 5. The Balaban J connectivity index is 1.57. The molecule has 8 nitrogen and oxygen atoms in total. The van der Waals surface area contributed by atoms with Gasteiger partial charge in [-0.2, -0.15) is 0 Å². The smallest absolute Gasteiger partial charge is 0.295 e. The summed E-state index contributed by atoms with van der Waals surface area (Å²) in [7, 11) is 3.38. The fourth-order valence-electron chi connectivity index (χ4n) is 4.86. The van der Waals surface area contributed by atoms with Crippen molar-refractivity contribution in [1.82, 2.24) is 13.9 Å². The van der Waals surface area contributed by atoms with Gasteiger partial charge in [0, 0.05) is 25.9 Å². The molecule has 0 aliphatic heterocycles. The van der Waals surface area contributed by atoms with E-state index in [0.29, 0.717) is 28.0 Å². The molecule has 0 radical (unpaired) electrons. The molecule has 192 valence electrons. The van der Waals surface area contributed by atoms with Gasteiger partial charge in [-0.15, -0.1) is 0 Å². The highest BCUT2D eigenvalue weighted by Crippen LogP contribution is 2.30. The Kier molecular flexibility index (Phi) is 6.46. The zero-order valence-electron chi connectivity index (χ0n) is 21.4. The predicted octanol–water partition coefficient (Wildman–Crippen LogP) is 4.47. The standard InChI is InChI=1S/C30H28N4O4/c1-19-27(30(38)34(33(19)3)21-14-8-5-9-15-21)31-23(20-12-6-4-7-13-20)18-25(35)26-28(36)22-16-10-11-17-24(22)32(2)29(26)37/h4-17,23,31,36H,18H2,1-3H3/t23-/m1/s1. The number of aromatic nitrogens is 3. The highest BCUT2D eigenvalue weighted by molar-refractivity contribution is 6.03. The Labute approximate surface area is 219 Å². The molecule has 0 aliphatic carbocycles. The molecule has 0 fully saturated rings. The number of hydrogen-bond donors (Lipinski definition) is 2. The first-order valence-electron chi connectivity index (χ1n) is 12.3. The van der Waals surface area contributed by atoms with Crippen molar-refractivity contribution in [3.05, 3.63) is 122 Å². The SMILES string of the molecule is Cc1c(N[C@H](CC(=O)c2c(O)c3ccccc3n(C)c2=O)c2ccccc2)c(=O)n(-c2ccccc2)n1C. The summed E-state index contributed by atoms with van der Waals surface area (Å²) >= 11 is 0. The molecule has 2 heterocycles. The topological polar surface area (TPSA) is 98.3 Å². The third-order valence-corrected chi connectivity index (χ3v) is 7.02. The van der Waals surface area contributed by atoms with Gasteiger partial charge >= 0.3 is 0 Å². The number of ketones is 1. The van der Waals surface area contributed by atoms with E-state index in [1.807, 2.05) is 67.6 Å². The molecule has 1 atom stereocenters. The van der Waals surface area contributed by atoms with Gasteiger partial charge in [0.05, 0.1) is 22.9 Å². The fraction of sp³-hybridized carbons (Fsp3) is 0.167. The van der Waals surface area contributed by atoms with Gasteiger partial charge in [-0.05, 0) is 36.8 Å². The minimum atomic E-state index is -0.628. The Morgan fingerprint density at radius 3 is 2.16 bits per heavy atom. The van der Waals surface area contributed by atoms with Crippen molar-refractivity contribution in [2.75, 3.05) is 5.32 Å². The van der Waals surface area contributed by atoms with Crippen LogP contribution in [0.3, 0.4) is 0 Å². The molecule has 0 saturated heterocycles. The van der Waals surface area contributed by atoms with Crippen molar-refractivity contribution >= 4 is 22.4 Å². The molecule has 5 rings (SSSR count). The molecule has 3 aromatic carbocycles. The summed E-state index contributed by atoms with van der Waals surface area (Å²) in [5, 5.41) is 14.7. The zero-order valence-corrected chi connectivity index (χ0v) is 21.4. The lowest BCUT2D eigenvalue weighted by molar-refractivity contribution is 0.0972. The van der Waals surface area contributed by atoms with Gasteiger partial charge in [0.1, 0.15) is 17.0 Å². The summed E-state index contributed by atoms with van der Waals surface area (Å²) in [6, 6.07) is 24.8. The Bertz CT molecular complexity index is 1770. The summed E-state index contributed by atoms with van der Waals surface area (Å²) in [6.45, 7) is 1.83. The minimum Gasteiger partial charge on any atom is -0.506 e. The number of fused-ring (bicyclic) bond motifs is 1. The van der Waals surface area contributed by atoms with E-state index in [9.17, 15) is 19.5 Å². The van der Waals surface area contributed by atoms with Crippen LogP contribution in [0.1, 0.15) is 34.1 Å². The maximum absolute atomic E-state index is 13.6. The van der Waals surface area contributed by atoms with Gasteiger partial charge in [0.2, 0.25) is 0 Å². The lowest BCUT2D eigenvalue weighted by atomic mass is 9.96. The number of pyridine rings is 1. The number of carbonyl (C=O) groups is 1. The van der Waals surface area contributed by atoms with Crippen LogP contribution in [0, 0.1) is 6.92 Å². The zero-order chi connectivity index (χ0) is 27.0. The number of aromatic hydroxyl groups is 1. The van der Waals surface area contributed by atoms with E-state index >= 15 is 0 Å². The van der Waals surface area contributed by atoms with Crippen molar-refractivity contribution < 1.29 is 9.90 Å². The monoisotopic (exact) mass is 508 g/mol. The van der Waals surface area contributed by atoms with Crippen LogP contribution in [0.2, 0.25) is 0 Å². The van der Waals surface area contributed by atoms with Crippen LogP contribution in [0.4, 0.5) is 5.69 Å². The Morgan fingerprint density at radius 2 is 1.47 bits per heavy atom. The van der Waals surface area contributed by atoms with Gasteiger partial charge in [-0.1, -0.05) is 60.7 Å². The molecule has 0 amide bonds. The fourth-order valence-corrected chi connectivity index (χ4v) is 4.86. The van der Waals surface area contributed by atoms with Crippen LogP contribution in [-0.2, 0) is 14.1 Å². The number of carbonyl (C=O) groups excluding carboxylic acids is 1. The molecule has 0 bridgehead atoms. The predicted molar refractivity (Wildman–Crippen MR) is 148 cm³/mol. The van der Waals surface area contributed by atoms with Crippen LogP contribution < -0.4 is 16.4 Å². The van der Waals surface area contributed by atoms with Gasteiger partial charge < -0.3 is 15.0 Å². The van der Waals surface area contributed by atoms with Crippen molar-refractivity contribution in [2.24, 2.45) is 14.1 Å². The number of nitrogens with one attached hydrogen (secondary N) is 1. The number of benzene rings is 3. The largest absolute Gasteiger partial charge is 0.506 e. The maximum Gasteiger partial charge on any atom is 0.295 e. The number of aryl methyl sites for hydroxylation is 1. The molecule has 0 saturated carbocycles. The number of para-hydroxylation sites is 2. The lowest BCUT2D eigenvalue weighted by Crippen LogP contribution is -2.27. The Hall–Kier alpha value is -4.85. The summed E-state index contributed by atoms with van der Waals surface area (Å²) in [6.07, 6.45) is -0.149. The normalized spacial score (nSPS) is 12.0. The van der Waals surface area contributed by atoms with Crippen molar-refractivity contribution in [1.29, 1.82) is 0 Å². The van der Waals surface area contributed by atoms with E-state index in [1.54, 1.807) is 47.7 Å². The summed E-state index contributed by atoms with van der Waals surface area (Å²) in [4.78, 5) is 40.3. The molecule has 8 heteroatoms. The summed E-state index contributed by atoms with van der Waals surface area (Å²) < 4.78 is 4.69. The number of Topliss-reactive ketones (excluding diaryl/α,β-unsaturated/α-hetero) is 1. The van der Waals surface area contributed by atoms with E-state index in [2.05, 4.69) is 5.32 Å². The Morgan fingerprint density at radius 1 is 0.868 bits per heavy atom. The second-order valence-corrected chi connectivity index (χ2v) is 9.28. The van der Waals surface area contributed by atoms with E-state index in [1.165, 1.54) is 4.57 Å². The average molecular weight is 509 g/mol. The van der Waals surface area contributed by atoms with Crippen LogP contribution in [0.5, 0.6) is 5.75 Å². The highest BCUT2D eigenvalue weighted by Gasteiger charge is 2.27. The third-order valence-electron chi connectivity index (χ3n) is 7.02. The quantitative estimate of drug-likeness (QED) is 0.316. The second-order valence-electron chi connectivity index (χ2n) is 9.28. The van der Waals surface area contributed by atoms with Crippen LogP contribution in [-0.4, -0.2) is 24.8 Å². The van der Waals surface area contributed by atoms with E-state index < -0.39 is 17.4 Å². The first kappa shape index (κ1) is 24.8.